The summed E-state index contributed by atoms with van der Waals surface area (Å²) in [6, 6.07) is 0.572. The summed E-state index contributed by atoms with van der Waals surface area (Å²) in [7, 11) is 3.04. The number of ether oxygens (including phenoxy) is 1. The molecule has 0 amide bonds. The van der Waals surface area contributed by atoms with Crippen LogP contribution in [-0.4, -0.2) is 40.2 Å². The van der Waals surface area contributed by atoms with Gasteiger partial charge in [-0.3, -0.25) is 4.67 Å². The molecule has 2 unspecified atom stereocenters. The molecule has 0 aromatic heterocycles. The summed E-state index contributed by atoms with van der Waals surface area (Å²) < 4.78 is 9.64. The van der Waals surface area contributed by atoms with E-state index in [2.05, 4.69) is 41.8 Å². The maximum absolute atomic E-state index is 10.3. The van der Waals surface area contributed by atoms with Crippen molar-refractivity contribution in [3.63, 3.8) is 0 Å². The number of hydrogen-bond acceptors (Lipinski definition) is 3. The van der Waals surface area contributed by atoms with Gasteiger partial charge in [-0.2, -0.15) is 0 Å². The Morgan fingerprint density at radius 2 is 1.91 bits per heavy atom. The summed E-state index contributed by atoms with van der Waals surface area (Å²) in [6.45, 7) is 11.1. The van der Waals surface area contributed by atoms with Gasteiger partial charge in [0.25, 0.3) is 0 Å². The molecular formula is C28H46NO2P. The number of nitrogens with zero attached hydrogens (tertiary/aromatic N) is 1. The number of allylic oxidation sites excluding steroid dienone is 1. The lowest BCUT2D eigenvalue weighted by Gasteiger charge is -2.53. The highest BCUT2D eigenvalue weighted by atomic mass is 31.0. The normalized spacial score (nSPS) is 55.9. The summed E-state index contributed by atoms with van der Waals surface area (Å²) in [5, 5.41) is 10.3. The van der Waals surface area contributed by atoms with Crippen LogP contribution in [0.15, 0.2) is 11.1 Å². The van der Waals surface area contributed by atoms with Crippen molar-refractivity contribution in [1.82, 2.24) is 4.67 Å². The molecule has 3 nitrogen and oxygen atoms in total. The smallest absolute Gasteiger partial charge is 0.0765 e. The van der Waals surface area contributed by atoms with Crippen molar-refractivity contribution in [3.05, 3.63) is 11.1 Å². The minimum atomic E-state index is -0.0409. The lowest BCUT2D eigenvalue weighted by atomic mass is 9.52. The quantitative estimate of drug-likeness (QED) is 0.358. The summed E-state index contributed by atoms with van der Waals surface area (Å²) in [6.07, 6.45) is 12.8. The van der Waals surface area contributed by atoms with Crippen LogP contribution >= 0.6 is 9.39 Å². The Morgan fingerprint density at radius 1 is 1.09 bits per heavy atom. The first-order valence-electron chi connectivity index (χ1n) is 13.8. The third-order valence-electron chi connectivity index (χ3n) is 11.8. The Hall–Kier alpha value is 0.0500. The highest BCUT2D eigenvalue weighted by Crippen LogP contribution is 2.65. The van der Waals surface area contributed by atoms with Gasteiger partial charge in [0.1, 0.15) is 0 Å². The molecule has 5 fully saturated rings. The van der Waals surface area contributed by atoms with Crippen LogP contribution in [0.4, 0.5) is 0 Å². The Bertz CT molecular complexity index is 798. The molecular weight excluding hydrogens is 413 g/mol. The van der Waals surface area contributed by atoms with Crippen LogP contribution in [0.5, 0.6) is 0 Å². The van der Waals surface area contributed by atoms with Crippen LogP contribution in [0.1, 0.15) is 91.9 Å². The van der Waals surface area contributed by atoms with E-state index in [0.717, 1.165) is 48.9 Å². The average molecular weight is 460 g/mol. The van der Waals surface area contributed by atoms with Gasteiger partial charge in [-0.15, -0.1) is 0 Å². The van der Waals surface area contributed by atoms with Gasteiger partial charge in [-0.25, -0.2) is 0 Å². The first-order chi connectivity index (χ1) is 15.2. The van der Waals surface area contributed by atoms with Gasteiger partial charge < -0.3 is 9.84 Å². The van der Waals surface area contributed by atoms with Crippen LogP contribution in [0.2, 0.25) is 0 Å². The van der Waals surface area contributed by atoms with Crippen LogP contribution in [0, 0.1) is 40.9 Å². The van der Waals surface area contributed by atoms with Crippen molar-refractivity contribution < 1.29 is 9.84 Å². The van der Waals surface area contributed by atoms with Gasteiger partial charge in [-0.1, -0.05) is 41.3 Å². The van der Waals surface area contributed by atoms with Crippen molar-refractivity contribution in [2.45, 2.75) is 116 Å². The minimum absolute atomic E-state index is 0.0409. The van der Waals surface area contributed by atoms with E-state index >= 15 is 0 Å². The molecule has 12 atom stereocenters. The number of hydrogen-bond donors (Lipinski definition) is 1. The maximum Gasteiger partial charge on any atom is 0.0765 e. The van der Waals surface area contributed by atoms with Crippen molar-refractivity contribution in [3.8, 4) is 0 Å². The van der Waals surface area contributed by atoms with Crippen LogP contribution in [-0.2, 0) is 4.74 Å². The first kappa shape index (κ1) is 22.5. The van der Waals surface area contributed by atoms with Crippen LogP contribution in [0.3, 0.4) is 0 Å². The van der Waals surface area contributed by atoms with E-state index in [1.54, 1.807) is 5.57 Å². The molecule has 1 spiro atoms. The number of aliphatic hydroxyl groups excluding tert-OH is 1. The molecule has 6 rings (SSSR count). The number of rotatable bonds is 0. The molecule has 4 heteroatoms. The standard InChI is InChI=1S/C28H46NO2P/c1-16-11-25-26(29(32)15-16)18(3)28(31-25)10-8-21-22-6-5-19-12-20(30)7-9-27(19,4)24(22)13-23(21)17(2)14-28/h16,18-22,24-26,30H,5-15,32H2,1-4H3/t16-,18+,19+,20?,21-,22-,24-,25+,26-,27-,28-/m0/s1. The lowest BCUT2D eigenvalue weighted by molar-refractivity contribution is -0.0811. The molecule has 0 bridgehead atoms. The molecule has 2 saturated heterocycles. The second kappa shape index (κ2) is 7.78. The summed E-state index contributed by atoms with van der Waals surface area (Å²) in [4.78, 5) is 0. The molecule has 4 aliphatic carbocycles. The van der Waals surface area contributed by atoms with Crippen molar-refractivity contribution in [1.29, 1.82) is 0 Å². The summed E-state index contributed by atoms with van der Waals surface area (Å²) in [5.41, 5.74) is 4.04. The average Bonchev–Trinajstić information content (AvgIpc) is 3.19. The molecule has 2 aliphatic heterocycles. The third kappa shape index (κ3) is 3.20. The predicted molar refractivity (Wildman–Crippen MR) is 133 cm³/mol. The molecule has 3 saturated carbocycles. The second-order valence-corrected chi connectivity index (χ2v) is 14.0. The molecule has 2 heterocycles. The van der Waals surface area contributed by atoms with Crippen molar-refractivity contribution in [2.75, 3.05) is 6.54 Å². The van der Waals surface area contributed by atoms with Gasteiger partial charge in [0.2, 0.25) is 0 Å². The maximum atomic E-state index is 10.3. The van der Waals surface area contributed by atoms with E-state index in [1.165, 1.54) is 51.5 Å². The molecule has 6 aliphatic rings. The highest BCUT2D eigenvalue weighted by molar-refractivity contribution is 7.13. The van der Waals surface area contributed by atoms with Gasteiger partial charge in [-0.05, 0) is 106 Å². The predicted octanol–water partition coefficient (Wildman–Crippen LogP) is 5.97. The minimum Gasteiger partial charge on any atom is -0.393 e. The highest BCUT2D eigenvalue weighted by Gasteiger charge is 2.59. The second-order valence-electron chi connectivity index (χ2n) is 13.3. The van der Waals surface area contributed by atoms with E-state index in [0.29, 0.717) is 23.5 Å². The topological polar surface area (TPSA) is 32.7 Å². The monoisotopic (exact) mass is 459 g/mol. The van der Waals surface area contributed by atoms with Gasteiger partial charge >= 0.3 is 0 Å². The molecule has 32 heavy (non-hydrogen) atoms. The lowest BCUT2D eigenvalue weighted by Crippen LogP contribution is -2.47. The largest absolute Gasteiger partial charge is 0.393 e. The Morgan fingerprint density at radius 3 is 2.72 bits per heavy atom. The van der Waals surface area contributed by atoms with E-state index in [-0.39, 0.29) is 11.7 Å². The molecule has 0 aromatic rings. The summed E-state index contributed by atoms with van der Waals surface area (Å²) in [5.74, 6) is 4.61. The van der Waals surface area contributed by atoms with E-state index < -0.39 is 0 Å². The van der Waals surface area contributed by atoms with Gasteiger partial charge in [0.05, 0.1) is 17.8 Å². The fourth-order valence-corrected chi connectivity index (χ4v) is 10.9. The molecule has 1 N–H and O–H groups in total. The fraction of sp³-hybridized carbons (Fsp3) is 0.929. The molecule has 0 radical (unpaired) electrons. The SMILES string of the molecule is CC1=C2C[C@H]3[C@@H](CC[C@@H]4CC(O)CC[C@@]43C)[C@@H]2CC[C@@]2(C1)O[C@@H]1C[C@H](C)CN(P)[C@H]1[C@H]2C. The van der Waals surface area contributed by atoms with Crippen molar-refractivity contribution >= 4 is 9.39 Å². The molecule has 180 valence electrons. The van der Waals surface area contributed by atoms with E-state index in [9.17, 15) is 5.11 Å². The Balaban J connectivity index is 1.28. The zero-order valence-electron chi connectivity index (χ0n) is 20.9. The number of aliphatic hydroxyl groups is 1. The molecule has 0 aromatic carbocycles. The van der Waals surface area contributed by atoms with Crippen LogP contribution < -0.4 is 0 Å². The Kier molecular flexibility index (Phi) is 5.47. The van der Waals surface area contributed by atoms with Gasteiger partial charge in [0.15, 0.2) is 0 Å². The zero-order valence-corrected chi connectivity index (χ0v) is 22.0. The fourth-order valence-electron chi connectivity index (χ4n) is 10.1. The number of fused-ring (bicyclic) bond motifs is 6. The van der Waals surface area contributed by atoms with Gasteiger partial charge in [0, 0.05) is 18.5 Å². The number of piperidine rings is 1. The van der Waals surface area contributed by atoms with Crippen molar-refractivity contribution in [2.24, 2.45) is 40.9 Å². The summed E-state index contributed by atoms with van der Waals surface area (Å²) >= 11 is 0. The van der Waals surface area contributed by atoms with E-state index in [4.69, 9.17) is 4.74 Å². The third-order valence-corrected chi connectivity index (χ3v) is 12.3. The van der Waals surface area contributed by atoms with E-state index in [1.807, 2.05) is 5.57 Å². The Labute approximate surface area is 198 Å². The zero-order chi connectivity index (χ0) is 22.4. The van der Waals surface area contributed by atoms with Crippen LogP contribution in [0.25, 0.3) is 0 Å². The first-order valence-corrected chi connectivity index (χ1v) is 14.3.